The van der Waals surface area contributed by atoms with Crippen molar-refractivity contribution >= 4 is 21.6 Å². The highest BCUT2D eigenvalue weighted by atomic mass is 32.2. The van der Waals surface area contributed by atoms with Crippen LogP contribution in [0.2, 0.25) is 0 Å². The number of rotatable bonds is 2. The third-order valence-electron chi connectivity index (χ3n) is 5.53. The Hall–Kier alpha value is -1.27. The molecule has 3 aliphatic rings. The molecule has 0 amide bonds. The summed E-state index contributed by atoms with van der Waals surface area (Å²) < 4.78 is 30.1. The number of anilines is 2. The number of para-hydroxylation sites is 2. The largest absolute Gasteiger partial charge is 0.365 e. The molecular formula is C17H25N3O2S. The average molecular weight is 335 g/mol. The van der Waals surface area contributed by atoms with Crippen LogP contribution in [0.1, 0.15) is 39.0 Å². The number of benzene rings is 1. The number of nitrogens with zero attached hydrogens (tertiary/aromatic N) is 3. The quantitative estimate of drug-likeness (QED) is 0.834. The average Bonchev–Trinajstić information content (AvgIpc) is 3.03. The third-order valence-corrected chi connectivity index (χ3v) is 7.57. The minimum atomic E-state index is -3.45. The molecule has 0 radical (unpaired) electrons. The standard InChI is InChI=1S/C17H25N3O2S/c1-14-7-4-5-12-19(14)23(21,22)20-13-15-8-6-11-18(15)16-9-2-3-10-17(16)20/h2-3,9-10,14-15H,4-8,11-13H2,1H3/t14-,15-/m0/s1. The van der Waals surface area contributed by atoms with E-state index in [9.17, 15) is 8.42 Å². The van der Waals surface area contributed by atoms with E-state index in [1.807, 2.05) is 25.1 Å². The molecule has 126 valence electrons. The summed E-state index contributed by atoms with van der Waals surface area (Å²) >= 11 is 0. The second-order valence-electron chi connectivity index (χ2n) is 6.97. The van der Waals surface area contributed by atoms with E-state index in [0.717, 1.165) is 50.0 Å². The van der Waals surface area contributed by atoms with Gasteiger partial charge in [-0.1, -0.05) is 18.6 Å². The van der Waals surface area contributed by atoms with Crippen molar-refractivity contribution < 1.29 is 8.42 Å². The molecule has 3 heterocycles. The van der Waals surface area contributed by atoms with Crippen LogP contribution in [-0.2, 0) is 10.2 Å². The fraction of sp³-hybridized carbons (Fsp3) is 0.647. The predicted octanol–water partition coefficient (Wildman–Crippen LogP) is 2.59. The van der Waals surface area contributed by atoms with Crippen molar-refractivity contribution in [2.24, 2.45) is 0 Å². The summed E-state index contributed by atoms with van der Waals surface area (Å²) in [4.78, 5) is 2.39. The minimum Gasteiger partial charge on any atom is -0.365 e. The molecule has 2 fully saturated rings. The van der Waals surface area contributed by atoms with Crippen LogP contribution in [0, 0.1) is 0 Å². The first-order chi connectivity index (χ1) is 11.1. The van der Waals surface area contributed by atoms with Gasteiger partial charge in [-0.15, -0.1) is 0 Å². The Morgan fingerprint density at radius 1 is 1.00 bits per heavy atom. The van der Waals surface area contributed by atoms with Crippen LogP contribution in [0.15, 0.2) is 24.3 Å². The van der Waals surface area contributed by atoms with Gasteiger partial charge < -0.3 is 4.90 Å². The van der Waals surface area contributed by atoms with Gasteiger partial charge in [0.2, 0.25) is 0 Å². The Labute approximate surface area is 139 Å². The molecule has 0 N–H and O–H groups in total. The van der Waals surface area contributed by atoms with Gasteiger partial charge >= 0.3 is 10.2 Å². The summed E-state index contributed by atoms with van der Waals surface area (Å²) in [6.07, 6.45) is 5.28. The van der Waals surface area contributed by atoms with E-state index in [0.29, 0.717) is 19.1 Å². The van der Waals surface area contributed by atoms with Gasteiger partial charge in [-0.05, 0) is 44.7 Å². The zero-order valence-electron chi connectivity index (χ0n) is 13.7. The van der Waals surface area contributed by atoms with Gasteiger partial charge in [-0.25, -0.2) is 0 Å². The zero-order chi connectivity index (χ0) is 16.0. The van der Waals surface area contributed by atoms with Gasteiger partial charge in [-0.2, -0.15) is 12.7 Å². The van der Waals surface area contributed by atoms with E-state index < -0.39 is 10.2 Å². The Morgan fingerprint density at radius 3 is 2.57 bits per heavy atom. The summed E-state index contributed by atoms with van der Waals surface area (Å²) in [5.74, 6) is 0. The Balaban J connectivity index is 1.75. The van der Waals surface area contributed by atoms with Crippen molar-refractivity contribution in [3.63, 3.8) is 0 Å². The molecule has 6 heteroatoms. The first kappa shape index (κ1) is 15.3. The maximum absolute atomic E-state index is 13.3. The molecule has 0 aliphatic carbocycles. The maximum atomic E-state index is 13.3. The second-order valence-corrected chi connectivity index (χ2v) is 8.78. The highest BCUT2D eigenvalue weighted by Crippen LogP contribution is 2.41. The monoisotopic (exact) mass is 335 g/mol. The van der Waals surface area contributed by atoms with Crippen LogP contribution in [0.5, 0.6) is 0 Å². The van der Waals surface area contributed by atoms with Crippen LogP contribution < -0.4 is 9.21 Å². The lowest BCUT2D eigenvalue weighted by molar-refractivity contribution is 0.267. The number of piperidine rings is 1. The molecule has 5 nitrogen and oxygen atoms in total. The Morgan fingerprint density at radius 2 is 1.78 bits per heavy atom. The summed E-state index contributed by atoms with van der Waals surface area (Å²) in [5, 5.41) is 0. The van der Waals surface area contributed by atoms with E-state index in [-0.39, 0.29) is 6.04 Å². The molecule has 2 saturated heterocycles. The molecule has 1 aromatic carbocycles. The molecule has 0 bridgehead atoms. The van der Waals surface area contributed by atoms with Gasteiger partial charge in [0.15, 0.2) is 0 Å². The SMILES string of the molecule is C[C@H]1CCCCN1S(=O)(=O)N1C[C@@H]2CCCN2c2ccccc21. The van der Waals surface area contributed by atoms with Crippen LogP contribution in [0.4, 0.5) is 11.4 Å². The molecular weight excluding hydrogens is 310 g/mol. The highest BCUT2D eigenvalue weighted by Gasteiger charge is 2.42. The lowest BCUT2D eigenvalue weighted by Gasteiger charge is -2.44. The predicted molar refractivity (Wildman–Crippen MR) is 93.1 cm³/mol. The van der Waals surface area contributed by atoms with Crippen LogP contribution in [0.3, 0.4) is 0 Å². The maximum Gasteiger partial charge on any atom is 0.304 e. The minimum absolute atomic E-state index is 0.0996. The van der Waals surface area contributed by atoms with Crippen molar-refractivity contribution in [2.75, 3.05) is 28.8 Å². The molecule has 0 unspecified atom stereocenters. The fourth-order valence-electron chi connectivity index (χ4n) is 4.31. The molecule has 3 aliphatic heterocycles. The molecule has 23 heavy (non-hydrogen) atoms. The smallest absolute Gasteiger partial charge is 0.304 e. The van der Waals surface area contributed by atoms with E-state index in [1.165, 1.54) is 0 Å². The van der Waals surface area contributed by atoms with Crippen LogP contribution in [-0.4, -0.2) is 44.4 Å². The molecule has 0 saturated carbocycles. The van der Waals surface area contributed by atoms with E-state index >= 15 is 0 Å². The zero-order valence-corrected chi connectivity index (χ0v) is 14.5. The van der Waals surface area contributed by atoms with Gasteiger partial charge in [-0.3, -0.25) is 4.31 Å². The Bertz CT molecular complexity index is 691. The lowest BCUT2D eigenvalue weighted by atomic mass is 10.1. The van der Waals surface area contributed by atoms with Gasteiger partial charge in [0, 0.05) is 25.2 Å². The number of hydrogen-bond acceptors (Lipinski definition) is 3. The fourth-order valence-corrected chi connectivity index (χ4v) is 6.25. The lowest BCUT2D eigenvalue weighted by Crippen LogP contribution is -2.55. The van der Waals surface area contributed by atoms with Gasteiger partial charge in [0.05, 0.1) is 17.9 Å². The summed E-state index contributed by atoms with van der Waals surface area (Å²) in [6, 6.07) is 8.39. The van der Waals surface area contributed by atoms with Crippen LogP contribution >= 0.6 is 0 Å². The third kappa shape index (κ3) is 2.43. The van der Waals surface area contributed by atoms with E-state index in [1.54, 1.807) is 8.61 Å². The molecule has 2 atom stereocenters. The van der Waals surface area contributed by atoms with Gasteiger partial charge in [0.25, 0.3) is 0 Å². The first-order valence-electron chi connectivity index (χ1n) is 8.74. The van der Waals surface area contributed by atoms with Crippen LogP contribution in [0.25, 0.3) is 0 Å². The number of fused-ring (bicyclic) bond motifs is 3. The van der Waals surface area contributed by atoms with E-state index in [4.69, 9.17) is 0 Å². The van der Waals surface area contributed by atoms with E-state index in [2.05, 4.69) is 11.0 Å². The second kappa shape index (κ2) is 5.67. The normalized spacial score (nSPS) is 28.6. The molecule has 4 rings (SSSR count). The van der Waals surface area contributed by atoms with Crippen molar-refractivity contribution in [3.8, 4) is 0 Å². The van der Waals surface area contributed by atoms with Crippen molar-refractivity contribution in [1.29, 1.82) is 0 Å². The molecule has 1 aromatic rings. The summed E-state index contributed by atoms with van der Waals surface area (Å²) in [6.45, 7) is 4.31. The van der Waals surface area contributed by atoms with Crippen molar-refractivity contribution in [1.82, 2.24) is 4.31 Å². The number of hydrogen-bond donors (Lipinski definition) is 0. The van der Waals surface area contributed by atoms with Crippen molar-refractivity contribution in [2.45, 2.75) is 51.1 Å². The van der Waals surface area contributed by atoms with Gasteiger partial charge in [0.1, 0.15) is 0 Å². The Kier molecular flexibility index (Phi) is 3.76. The van der Waals surface area contributed by atoms with Crippen molar-refractivity contribution in [3.05, 3.63) is 24.3 Å². The topological polar surface area (TPSA) is 43.9 Å². The summed E-state index contributed by atoms with van der Waals surface area (Å²) in [7, 11) is -3.45. The first-order valence-corrected chi connectivity index (χ1v) is 10.1. The molecule has 0 spiro atoms. The summed E-state index contributed by atoms with van der Waals surface area (Å²) in [5.41, 5.74) is 1.93. The highest BCUT2D eigenvalue weighted by molar-refractivity contribution is 7.90. The molecule has 0 aromatic heterocycles.